The lowest BCUT2D eigenvalue weighted by atomic mass is 9.99. The molecule has 2 atom stereocenters. The van der Waals surface area contributed by atoms with Gasteiger partial charge in [-0.2, -0.15) is 0 Å². The number of nitrogens with one attached hydrogen (secondary N) is 1. The Kier molecular flexibility index (Phi) is 4.87. The normalized spacial score (nSPS) is 23.4. The van der Waals surface area contributed by atoms with Crippen molar-refractivity contribution in [3.8, 4) is 0 Å². The van der Waals surface area contributed by atoms with Gasteiger partial charge in [0.1, 0.15) is 0 Å². The first kappa shape index (κ1) is 13.7. The molecule has 0 saturated carbocycles. The van der Waals surface area contributed by atoms with Gasteiger partial charge < -0.3 is 15.8 Å². The van der Waals surface area contributed by atoms with E-state index in [0.717, 1.165) is 43.8 Å². The Labute approximate surface area is 114 Å². The second-order valence-corrected chi connectivity index (χ2v) is 5.33. The summed E-state index contributed by atoms with van der Waals surface area (Å²) in [4.78, 5) is 0. The lowest BCUT2D eigenvalue weighted by molar-refractivity contribution is 0.0872. The van der Waals surface area contributed by atoms with Crippen molar-refractivity contribution in [2.45, 2.75) is 32.4 Å². The second-order valence-electron chi connectivity index (χ2n) is 4.89. The summed E-state index contributed by atoms with van der Waals surface area (Å²) < 4.78 is 5.67. The number of benzene rings is 1. The minimum atomic E-state index is 0.418. The third-order valence-corrected chi connectivity index (χ3v) is 3.68. The first-order chi connectivity index (χ1) is 8.69. The maximum atomic E-state index is 5.97. The maximum Gasteiger partial charge on any atom is 0.0613 e. The number of halogens is 1. The Morgan fingerprint density at radius 1 is 1.44 bits per heavy atom. The van der Waals surface area contributed by atoms with Crippen LogP contribution in [0.3, 0.4) is 0 Å². The van der Waals surface area contributed by atoms with E-state index in [4.69, 9.17) is 22.1 Å². The molecule has 1 aromatic rings. The predicted molar refractivity (Wildman–Crippen MR) is 75.7 cm³/mol. The molecule has 0 aliphatic carbocycles. The zero-order valence-electron chi connectivity index (χ0n) is 10.8. The van der Waals surface area contributed by atoms with Crippen LogP contribution in [0.5, 0.6) is 0 Å². The lowest BCUT2D eigenvalue weighted by Crippen LogP contribution is -2.27. The molecule has 0 aromatic heterocycles. The molecule has 0 amide bonds. The Balaban J connectivity index is 1.81. The number of hydrogen-bond donors (Lipinski definition) is 2. The molecule has 4 heteroatoms. The number of ether oxygens (including phenoxy) is 1. The Morgan fingerprint density at radius 3 is 3.00 bits per heavy atom. The number of anilines is 1. The van der Waals surface area contributed by atoms with Crippen molar-refractivity contribution in [1.29, 1.82) is 0 Å². The summed E-state index contributed by atoms with van der Waals surface area (Å²) in [6.45, 7) is 4.87. The molecule has 3 N–H and O–H groups in total. The van der Waals surface area contributed by atoms with E-state index in [1.807, 2.05) is 12.1 Å². The molecule has 1 aliphatic heterocycles. The Morgan fingerprint density at radius 2 is 2.28 bits per heavy atom. The molecule has 0 spiro atoms. The maximum absolute atomic E-state index is 5.97. The van der Waals surface area contributed by atoms with E-state index in [1.165, 1.54) is 0 Å². The van der Waals surface area contributed by atoms with Gasteiger partial charge in [0, 0.05) is 30.4 Å². The molecule has 18 heavy (non-hydrogen) atoms. The zero-order valence-corrected chi connectivity index (χ0v) is 11.5. The average molecular weight is 269 g/mol. The van der Waals surface area contributed by atoms with Crippen molar-refractivity contribution in [1.82, 2.24) is 5.32 Å². The molecule has 1 aromatic carbocycles. The molecule has 0 bridgehead atoms. The first-order valence-electron chi connectivity index (χ1n) is 6.56. The van der Waals surface area contributed by atoms with Gasteiger partial charge in [-0.05, 0) is 42.5 Å². The van der Waals surface area contributed by atoms with Gasteiger partial charge in [0.05, 0.1) is 6.10 Å². The van der Waals surface area contributed by atoms with Crippen LogP contribution in [0.4, 0.5) is 5.69 Å². The zero-order chi connectivity index (χ0) is 13.0. The Bertz CT molecular complexity index is 377. The largest absolute Gasteiger partial charge is 0.399 e. The fourth-order valence-electron chi connectivity index (χ4n) is 2.56. The van der Waals surface area contributed by atoms with E-state index in [1.54, 1.807) is 6.07 Å². The van der Waals surface area contributed by atoms with Gasteiger partial charge in [0.25, 0.3) is 0 Å². The van der Waals surface area contributed by atoms with Gasteiger partial charge in [0.15, 0.2) is 0 Å². The van der Waals surface area contributed by atoms with Crippen LogP contribution in [0.1, 0.15) is 25.3 Å². The van der Waals surface area contributed by atoms with Crippen molar-refractivity contribution < 1.29 is 4.74 Å². The van der Waals surface area contributed by atoms with Crippen LogP contribution in [0.2, 0.25) is 5.02 Å². The van der Waals surface area contributed by atoms with E-state index >= 15 is 0 Å². The van der Waals surface area contributed by atoms with Crippen molar-refractivity contribution in [2.24, 2.45) is 5.92 Å². The molecular weight excluding hydrogens is 248 g/mol. The fourth-order valence-corrected chi connectivity index (χ4v) is 2.82. The number of nitrogen functional groups attached to an aromatic ring is 1. The fraction of sp³-hybridized carbons (Fsp3) is 0.571. The van der Waals surface area contributed by atoms with Crippen LogP contribution in [-0.4, -0.2) is 19.3 Å². The first-order valence-corrected chi connectivity index (χ1v) is 6.94. The minimum absolute atomic E-state index is 0.418. The third kappa shape index (κ3) is 3.61. The van der Waals surface area contributed by atoms with Gasteiger partial charge in [-0.1, -0.05) is 18.5 Å². The van der Waals surface area contributed by atoms with Gasteiger partial charge >= 0.3 is 0 Å². The number of rotatable bonds is 5. The van der Waals surface area contributed by atoms with Gasteiger partial charge in [-0.3, -0.25) is 0 Å². The van der Waals surface area contributed by atoms with Crippen molar-refractivity contribution in [3.05, 3.63) is 28.8 Å². The summed E-state index contributed by atoms with van der Waals surface area (Å²) in [5, 5.41) is 4.16. The number of nitrogens with two attached hydrogens (primary N) is 1. The van der Waals surface area contributed by atoms with Crippen molar-refractivity contribution in [2.75, 3.05) is 18.9 Å². The summed E-state index contributed by atoms with van der Waals surface area (Å²) in [6.07, 6.45) is 2.67. The smallest absolute Gasteiger partial charge is 0.0613 e. The highest BCUT2D eigenvalue weighted by atomic mass is 35.5. The molecule has 1 saturated heterocycles. The minimum Gasteiger partial charge on any atom is -0.399 e. The molecule has 1 fully saturated rings. The summed E-state index contributed by atoms with van der Waals surface area (Å²) in [7, 11) is 0. The van der Waals surface area contributed by atoms with Gasteiger partial charge in [-0.15, -0.1) is 0 Å². The monoisotopic (exact) mass is 268 g/mol. The molecular formula is C14H21ClN2O. The van der Waals surface area contributed by atoms with Crippen LogP contribution in [0, 0.1) is 5.92 Å². The van der Waals surface area contributed by atoms with E-state index < -0.39 is 0 Å². The van der Waals surface area contributed by atoms with Crippen LogP contribution in [0.15, 0.2) is 18.2 Å². The predicted octanol–water partition coefficient (Wildman–Crippen LogP) is 2.83. The van der Waals surface area contributed by atoms with E-state index in [9.17, 15) is 0 Å². The molecule has 1 heterocycles. The highest BCUT2D eigenvalue weighted by molar-refractivity contribution is 6.30. The van der Waals surface area contributed by atoms with Gasteiger partial charge in [-0.25, -0.2) is 0 Å². The van der Waals surface area contributed by atoms with Crippen LogP contribution < -0.4 is 11.1 Å². The summed E-state index contributed by atoms with van der Waals surface area (Å²) in [5.41, 5.74) is 7.61. The SMILES string of the molecule is CCC1OCCC1CNCc1cc(N)cc(Cl)c1. The summed E-state index contributed by atoms with van der Waals surface area (Å²) in [5.74, 6) is 0.631. The highest BCUT2D eigenvalue weighted by Crippen LogP contribution is 2.23. The topological polar surface area (TPSA) is 47.3 Å². The summed E-state index contributed by atoms with van der Waals surface area (Å²) >= 11 is 5.97. The lowest BCUT2D eigenvalue weighted by Gasteiger charge is -2.17. The quantitative estimate of drug-likeness (QED) is 0.808. The molecule has 100 valence electrons. The molecule has 2 unspecified atom stereocenters. The number of hydrogen-bond acceptors (Lipinski definition) is 3. The molecule has 0 radical (unpaired) electrons. The average Bonchev–Trinajstić information content (AvgIpc) is 2.75. The van der Waals surface area contributed by atoms with Crippen molar-refractivity contribution in [3.63, 3.8) is 0 Å². The van der Waals surface area contributed by atoms with E-state index in [0.29, 0.717) is 17.0 Å². The van der Waals surface area contributed by atoms with Crippen LogP contribution >= 0.6 is 11.6 Å². The van der Waals surface area contributed by atoms with E-state index in [2.05, 4.69) is 12.2 Å². The standard InChI is InChI=1S/C14H21ClN2O/c1-2-14-11(3-4-18-14)9-17-8-10-5-12(15)7-13(16)6-10/h5-7,11,14,17H,2-4,8-9,16H2,1H3. The van der Waals surface area contributed by atoms with Crippen LogP contribution in [-0.2, 0) is 11.3 Å². The van der Waals surface area contributed by atoms with Gasteiger partial charge in [0.2, 0.25) is 0 Å². The van der Waals surface area contributed by atoms with Crippen molar-refractivity contribution >= 4 is 17.3 Å². The second kappa shape index (κ2) is 6.41. The van der Waals surface area contributed by atoms with E-state index in [-0.39, 0.29) is 0 Å². The third-order valence-electron chi connectivity index (χ3n) is 3.46. The summed E-state index contributed by atoms with van der Waals surface area (Å²) in [6, 6.07) is 5.68. The molecule has 3 nitrogen and oxygen atoms in total. The highest BCUT2D eigenvalue weighted by Gasteiger charge is 2.25. The van der Waals surface area contributed by atoms with Crippen LogP contribution in [0.25, 0.3) is 0 Å². The molecule has 2 rings (SSSR count). The Hall–Kier alpha value is -0.770. The molecule has 1 aliphatic rings.